The molecule has 0 bridgehead atoms. The van der Waals surface area contributed by atoms with Crippen molar-refractivity contribution in [1.29, 1.82) is 0 Å². The summed E-state index contributed by atoms with van der Waals surface area (Å²) in [6.45, 7) is 1.58. The predicted molar refractivity (Wildman–Crippen MR) is 75.5 cm³/mol. The van der Waals surface area contributed by atoms with Gasteiger partial charge < -0.3 is 9.64 Å². The van der Waals surface area contributed by atoms with Crippen LogP contribution in [0.15, 0.2) is 47.5 Å². The lowest BCUT2D eigenvalue weighted by atomic mass is 10.1. The van der Waals surface area contributed by atoms with Crippen LogP contribution >= 0.6 is 0 Å². The third-order valence-corrected chi connectivity index (χ3v) is 3.29. The van der Waals surface area contributed by atoms with E-state index >= 15 is 0 Å². The fraction of sp³-hybridized carbons (Fsp3) is 0.267. The maximum absolute atomic E-state index is 5.15. The van der Waals surface area contributed by atoms with Gasteiger partial charge >= 0.3 is 0 Å². The van der Waals surface area contributed by atoms with Crippen LogP contribution in [0.3, 0.4) is 0 Å². The van der Waals surface area contributed by atoms with E-state index in [2.05, 4.69) is 59.4 Å². The Morgan fingerprint density at radius 3 is 2.83 bits per heavy atom. The lowest BCUT2D eigenvalue weighted by molar-refractivity contribution is 0.329. The molecule has 0 N–H and O–H groups in total. The molecule has 1 aliphatic heterocycles. The van der Waals surface area contributed by atoms with Crippen LogP contribution < -0.4 is 4.90 Å². The van der Waals surface area contributed by atoms with Crippen LogP contribution in [0.4, 0.5) is 5.69 Å². The first-order chi connectivity index (χ1) is 8.83. The summed E-state index contributed by atoms with van der Waals surface area (Å²) >= 11 is 0. The van der Waals surface area contributed by atoms with Gasteiger partial charge in [0.1, 0.15) is 12.6 Å². The Balaban J connectivity index is 1.82. The molecule has 2 aromatic rings. The summed E-state index contributed by atoms with van der Waals surface area (Å²) in [6, 6.07) is 15.2. The first-order valence-electron chi connectivity index (χ1n) is 6.16. The number of hydrogen-bond acceptors (Lipinski definition) is 3. The molecule has 1 aliphatic rings. The zero-order valence-corrected chi connectivity index (χ0v) is 10.4. The average molecular weight is 240 g/mol. The molecule has 92 valence electrons. The highest BCUT2D eigenvalue weighted by atomic mass is 16.5. The molecule has 0 spiro atoms. The second kappa shape index (κ2) is 4.69. The molecule has 1 atom stereocenters. The van der Waals surface area contributed by atoms with Gasteiger partial charge in [0.2, 0.25) is 0 Å². The van der Waals surface area contributed by atoms with Crippen LogP contribution in [0.25, 0.3) is 10.8 Å². The monoisotopic (exact) mass is 240 g/mol. The van der Waals surface area contributed by atoms with Gasteiger partial charge in [-0.2, -0.15) is 0 Å². The molecule has 0 aliphatic carbocycles. The van der Waals surface area contributed by atoms with Gasteiger partial charge in [0, 0.05) is 19.3 Å². The average Bonchev–Trinajstić information content (AvgIpc) is 2.91. The molecular formula is C15H16N2O. The number of aliphatic imine (C=N–C) groups is 1. The van der Waals surface area contributed by atoms with Crippen molar-refractivity contribution in [3.63, 3.8) is 0 Å². The van der Waals surface area contributed by atoms with Crippen LogP contribution in [-0.4, -0.2) is 32.6 Å². The third kappa shape index (κ3) is 2.16. The van der Waals surface area contributed by atoms with E-state index < -0.39 is 0 Å². The number of anilines is 1. The van der Waals surface area contributed by atoms with Crippen molar-refractivity contribution in [3.8, 4) is 0 Å². The highest BCUT2D eigenvalue weighted by Gasteiger charge is 2.14. The molecule has 0 saturated heterocycles. The molecule has 1 unspecified atom stereocenters. The van der Waals surface area contributed by atoms with Crippen molar-refractivity contribution in [1.82, 2.24) is 0 Å². The summed E-state index contributed by atoms with van der Waals surface area (Å²) < 4.78 is 5.15. The molecule has 0 fully saturated rings. The predicted octanol–water partition coefficient (Wildman–Crippen LogP) is 2.70. The van der Waals surface area contributed by atoms with E-state index in [1.807, 2.05) is 0 Å². The number of rotatable bonds is 3. The van der Waals surface area contributed by atoms with Gasteiger partial charge in [0.05, 0.1) is 0 Å². The van der Waals surface area contributed by atoms with Crippen LogP contribution in [-0.2, 0) is 4.74 Å². The Hall–Kier alpha value is -2.03. The fourth-order valence-electron chi connectivity index (χ4n) is 2.26. The summed E-state index contributed by atoms with van der Waals surface area (Å²) in [5.74, 6) is 0. The number of ether oxygens (including phenoxy) is 1. The van der Waals surface area contributed by atoms with E-state index in [1.54, 1.807) is 6.40 Å². The molecular weight excluding hydrogens is 224 g/mol. The van der Waals surface area contributed by atoms with E-state index in [0.29, 0.717) is 6.61 Å². The minimum Gasteiger partial charge on any atom is -0.481 e. The summed E-state index contributed by atoms with van der Waals surface area (Å²) in [4.78, 5) is 6.50. The van der Waals surface area contributed by atoms with Gasteiger partial charge in [-0.1, -0.05) is 30.3 Å². The summed E-state index contributed by atoms with van der Waals surface area (Å²) in [5.41, 5.74) is 1.22. The first-order valence-corrected chi connectivity index (χ1v) is 6.16. The maximum Gasteiger partial charge on any atom is 0.169 e. The largest absolute Gasteiger partial charge is 0.481 e. The van der Waals surface area contributed by atoms with Gasteiger partial charge in [-0.15, -0.1) is 0 Å². The second-order valence-electron chi connectivity index (χ2n) is 4.65. The SMILES string of the molecule is CN(CC1COC=N1)c1ccc2ccccc2c1. The van der Waals surface area contributed by atoms with Crippen molar-refractivity contribution >= 4 is 22.9 Å². The van der Waals surface area contributed by atoms with Crippen LogP contribution in [0, 0.1) is 0 Å². The normalized spacial score (nSPS) is 17.9. The quantitative estimate of drug-likeness (QED) is 0.824. The van der Waals surface area contributed by atoms with Gasteiger partial charge in [0.15, 0.2) is 6.40 Å². The van der Waals surface area contributed by atoms with Crippen molar-refractivity contribution in [2.45, 2.75) is 6.04 Å². The Morgan fingerprint density at radius 1 is 1.22 bits per heavy atom. The molecule has 0 radical (unpaired) electrons. The number of benzene rings is 2. The first kappa shape index (κ1) is 11.1. The topological polar surface area (TPSA) is 24.8 Å². The van der Waals surface area contributed by atoms with E-state index in [0.717, 1.165) is 6.54 Å². The van der Waals surface area contributed by atoms with Crippen LogP contribution in [0.5, 0.6) is 0 Å². The summed E-state index contributed by atoms with van der Waals surface area (Å²) in [6.07, 6.45) is 1.55. The summed E-state index contributed by atoms with van der Waals surface area (Å²) in [7, 11) is 2.10. The van der Waals surface area contributed by atoms with E-state index in [-0.39, 0.29) is 6.04 Å². The standard InChI is InChI=1S/C15H16N2O/c1-17(9-14-10-18-11-16-14)15-7-6-12-4-2-3-5-13(12)8-15/h2-8,11,14H,9-10H2,1H3. The molecule has 0 saturated carbocycles. The molecule has 0 aromatic heterocycles. The van der Waals surface area contributed by atoms with Crippen LogP contribution in [0.1, 0.15) is 0 Å². The molecule has 3 nitrogen and oxygen atoms in total. The van der Waals surface area contributed by atoms with Crippen molar-refractivity contribution in [2.75, 3.05) is 25.1 Å². The molecule has 1 heterocycles. The molecule has 18 heavy (non-hydrogen) atoms. The zero-order valence-electron chi connectivity index (χ0n) is 10.4. The third-order valence-electron chi connectivity index (χ3n) is 3.29. The van der Waals surface area contributed by atoms with E-state index in [9.17, 15) is 0 Å². The lowest BCUT2D eigenvalue weighted by Gasteiger charge is -2.21. The Morgan fingerprint density at radius 2 is 2.06 bits per heavy atom. The Bertz CT molecular complexity index is 579. The molecule has 3 rings (SSSR count). The van der Waals surface area contributed by atoms with Crippen LogP contribution in [0.2, 0.25) is 0 Å². The molecule has 0 amide bonds. The second-order valence-corrected chi connectivity index (χ2v) is 4.65. The number of likely N-dealkylation sites (N-methyl/N-ethyl adjacent to an activating group) is 1. The molecule has 3 heteroatoms. The number of fused-ring (bicyclic) bond motifs is 1. The van der Waals surface area contributed by atoms with Gasteiger partial charge in [-0.05, 0) is 22.9 Å². The Kier molecular flexibility index (Phi) is 2.89. The minimum atomic E-state index is 0.251. The van der Waals surface area contributed by atoms with Gasteiger partial charge in [-0.3, -0.25) is 0 Å². The maximum atomic E-state index is 5.15. The Labute approximate surface area is 107 Å². The highest BCUT2D eigenvalue weighted by Crippen LogP contribution is 2.21. The lowest BCUT2D eigenvalue weighted by Crippen LogP contribution is -2.28. The van der Waals surface area contributed by atoms with E-state index in [1.165, 1.54) is 16.5 Å². The zero-order chi connectivity index (χ0) is 12.4. The number of hydrogen-bond donors (Lipinski definition) is 0. The minimum absolute atomic E-state index is 0.251. The van der Waals surface area contributed by atoms with E-state index in [4.69, 9.17) is 4.74 Å². The molecule has 2 aromatic carbocycles. The van der Waals surface area contributed by atoms with Gasteiger partial charge in [0.25, 0.3) is 0 Å². The summed E-state index contributed by atoms with van der Waals surface area (Å²) in [5, 5.41) is 2.55. The smallest absolute Gasteiger partial charge is 0.169 e. The fourth-order valence-corrected chi connectivity index (χ4v) is 2.26. The number of nitrogens with zero attached hydrogens (tertiary/aromatic N) is 2. The van der Waals surface area contributed by atoms with Gasteiger partial charge in [-0.25, -0.2) is 4.99 Å². The van der Waals surface area contributed by atoms with Crippen molar-refractivity contribution in [3.05, 3.63) is 42.5 Å². The van der Waals surface area contributed by atoms with Crippen molar-refractivity contribution in [2.24, 2.45) is 4.99 Å². The van der Waals surface area contributed by atoms with Crippen molar-refractivity contribution < 1.29 is 4.74 Å². The highest BCUT2D eigenvalue weighted by molar-refractivity contribution is 5.85.